The fourth-order valence-electron chi connectivity index (χ4n) is 2.45. The van der Waals surface area contributed by atoms with Crippen molar-refractivity contribution in [2.24, 2.45) is 0 Å². The first kappa shape index (κ1) is 17.7. The van der Waals surface area contributed by atoms with Crippen LogP contribution in [0.5, 0.6) is 0 Å². The Kier molecular flexibility index (Phi) is 6.13. The van der Waals surface area contributed by atoms with Crippen LogP contribution in [0, 0.1) is 0 Å². The minimum absolute atomic E-state index is 0.204. The molecule has 0 unspecified atom stereocenters. The molecule has 0 heterocycles. The summed E-state index contributed by atoms with van der Waals surface area (Å²) in [4.78, 5) is 24.1. The first-order valence-electron chi connectivity index (χ1n) is 8.27. The molecule has 126 valence electrons. The van der Waals surface area contributed by atoms with E-state index in [0.717, 1.165) is 17.7 Å². The van der Waals surface area contributed by atoms with Crippen LogP contribution in [0.4, 0.5) is 11.4 Å². The van der Waals surface area contributed by atoms with Crippen molar-refractivity contribution in [1.82, 2.24) is 0 Å². The Labute approximate surface area is 143 Å². The number of amides is 2. The summed E-state index contributed by atoms with van der Waals surface area (Å²) in [5.41, 5.74) is 3.72. The van der Waals surface area contributed by atoms with Crippen LogP contribution in [0.1, 0.15) is 44.2 Å². The van der Waals surface area contributed by atoms with E-state index in [0.29, 0.717) is 11.6 Å². The van der Waals surface area contributed by atoms with Gasteiger partial charge in [0.2, 0.25) is 11.8 Å². The largest absolute Gasteiger partial charge is 0.326 e. The van der Waals surface area contributed by atoms with Crippen LogP contribution in [-0.4, -0.2) is 11.8 Å². The summed E-state index contributed by atoms with van der Waals surface area (Å²) in [5, 5.41) is 5.56. The van der Waals surface area contributed by atoms with E-state index in [4.69, 9.17) is 0 Å². The van der Waals surface area contributed by atoms with Crippen LogP contribution < -0.4 is 10.6 Å². The molecule has 0 saturated carbocycles. The minimum Gasteiger partial charge on any atom is -0.326 e. The number of para-hydroxylation sites is 1. The fraction of sp³-hybridized carbons (Fsp3) is 0.300. The SMILES string of the molecule is CCc1ccccc1NC(=O)CC(=O)Nc1ccc(C(C)C)cc1. The zero-order valence-corrected chi connectivity index (χ0v) is 14.4. The average molecular weight is 324 g/mol. The Balaban J connectivity index is 1.90. The molecule has 0 aliphatic carbocycles. The fourth-order valence-corrected chi connectivity index (χ4v) is 2.45. The van der Waals surface area contributed by atoms with Gasteiger partial charge in [-0.1, -0.05) is 51.1 Å². The highest BCUT2D eigenvalue weighted by atomic mass is 16.2. The Bertz CT molecular complexity index is 706. The van der Waals surface area contributed by atoms with Crippen molar-refractivity contribution in [2.45, 2.75) is 39.5 Å². The molecule has 0 aromatic heterocycles. The second kappa shape index (κ2) is 8.29. The number of nitrogens with one attached hydrogen (secondary N) is 2. The maximum absolute atomic E-state index is 12.1. The highest BCUT2D eigenvalue weighted by Crippen LogP contribution is 2.18. The normalized spacial score (nSPS) is 10.5. The first-order chi connectivity index (χ1) is 11.5. The van der Waals surface area contributed by atoms with Crippen LogP contribution in [0.2, 0.25) is 0 Å². The van der Waals surface area contributed by atoms with Crippen molar-refractivity contribution in [3.05, 3.63) is 59.7 Å². The molecule has 2 aromatic rings. The topological polar surface area (TPSA) is 58.2 Å². The summed E-state index contributed by atoms with van der Waals surface area (Å²) in [7, 11) is 0. The summed E-state index contributed by atoms with van der Waals surface area (Å²) in [5.74, 6) is -0.190. The van der Waals surface area contributed by atoms with E-state index >= 15 is 0 Å². The van der Waals surface area contributed by atoms with Gasteiger partial charge in [-0.05, 0) is 41.7 Å². The molecule has 2 amide bonds. The van der Waals surface area contributed by atoms with Gasteiger partial charge < -0.3 is 10.6 Å². The highest BCUT2D eigenvalue weighted by molar-refractivity contribution is 6.08. The van der Waals surface area contributed by atoms with Crippen LogP contribution in [0.25, 0.3) is 0 Å². The Morgan fingerprint density at radius 1 is 0.917 bits per heavy atom. The van der Waals surface area contributed by atoms with E-state index in [1.165, 1.54) is 5.56 Å². The van der Waals surface area contributed by atoms with Gasteiger partial charge in [0, 0.05) is 11.4 Å². The molecule has 4 heteroatoms. The number of aryl methyl sites for hydroxylation is 1. The van der Waals surface area contributed by atoms with Crippen molar-refractivity contribution in [2.75, 3.05) is 10.6 Å². The van der Waals surface area contributed by atoms with Crippen LogP contribution in [0.15, 0.2) is 48.5 Å². The van der Waals surface area contributed by atoms with Gasteiger partial charge >= 0.3 is 0 Å². The number of carbonyl (C=O) groups excluding carboxylic acids is 2. The van der Waals surface area contributed by atoms with E-state index < -0.39 is 0 Å². The lowest BCUT2D eigenvalue weighted by Crippen LogP contribution is -2.21. The summed E-state index contributed by atoms with van der Waals surface area (Å²) in [6.45, 7) is 6.26. The van der Waals surface area contributed by atoms with Crippen molar-refractivity contribution in [3.63, 3.8) is 0 Å². The number of benzene rings is 2. The summed E-state index contributed by atoms with van der Waals surface area (Å²) in [6, 6.07) is 15.3. The molecule has 24 heavy (non-hydrogen) atoms. The third-order valence-corrected chi connectivity index (χ3v) is 3.85. The Hall–Kier alpha value is -2.62. The quantitative estimate of drug-likeness (QED) is 0.777. The van der Waals surface area contributed by atoms with Crippen molar-refractivity contribution >= 4 is 23.2 Å². The molecule has 0 atom stereocenters. The van der Waals surface area contributed by atoms with E-state index in [1.807, 2.05) is 55.5 Å². The molecular weight excluding hydrogens is 300 g/mol. The van der Waals surface area contributed by atoms with Gasteiger partial charge in [-0.2, -0.15) is 0 Å². The van der Waals surface area contributed by atoms with Gasteiger partial charge in [-0.3, -0.25) is 9.59 Å². The van der Waals surface area contributed by atoms with E-state index in [1.54, 1.807) is 0 Å². The molecule has 2 N–H and O–H groups in total. The summed E-state index contributed by atoms with van der Waals surface area (Å²) in [6.07, 6.45) is 0.620. The third kappa shape index (κ3) is 4.95. The van der Waals surface area contributed by atoms with Gasteiger partial charge in [0.25, 0.3) is 0 Å². The lowest BCUT2D eigenvalue weighted by molar-refractivity contribution is -0.123. The second-order valence-electron chi connectivity index (χ2n) is 6.06. The number of rotatable bonds is 6. The van der Waals surface area contributed by atoms with E-state index in [2.05, 4.69) is 24.5 Å². The molecule has 2 aromatic carbocycles. The van der Waals surface area contributed by atoms with Crippen LogP contribution in [0.3, 0.4) is 0 Å². The highest BCUT2D eigenvalue weighted by Gasteiger charge is 2.11. The van der Waals surface area contributed by atoms with E-state index in [9.17, 15) is 9.59 Å². The van der Waals surface area contributed by atoms with Crippen LogP contribution >= 0.6 is 0 Å². The van der Waals surface area contributed by atoms with Crippen molar-refractivity contribution in [3.8, 4) is 0 Å². The molecule has 0 aliphatic heterocycles. The van der Waals surface area contributed by atoms with Crippen molar-refractivity contribution < 1.29 is 9.59 Å². The predicted molar refractivity (Wildman–Crippen MR) is 98.2 cm³/mol. The molecule has 0 aliphatic rings. The molecule has 0 spiro atoms. The number of carbonyl (C=O) groups is 2. The first-order valence-corrected chi connectivity index (χ1v) is 8.27. The minimum atomic E-state index is -0.321. The lowest BCUT2D eigenvalue weighted by Gasteiger charge is -2.10. The van der Waals surface area contributed by atoms with E-state index in [-0.39, 0.29) is 18.2 Å². The summed E-state index contributed by atoms with van der Waals surface area (Å²) < 4.78 is 0. The molecule has 0 radical (unpaired) electrons. The smallest absolute Gasteiger partial charge is 0.233 e. The lowest BCUT2D eigenvalue weighted by atomic mass is 10.0. The number of hydrogen-bond acceptors (Lipinski definition) is 2. The average Bonchev–Trinajstić information content (AvgIpc) is 2.55. The molecule has 0 fully saturated rings. The van der Waals surface area contributed by atoms with Crippen LogP contribution in [-0.2, 0) is 16.0 Å². The Morgan fingerprint density at radius 2 is 1.54 bits per heavy atom. The maximum Gasteiger partial charge on any atom is 0.233 e. The van der Waals surface area contributed by atoms with Gasteiger partial charge in [0.15, 0.2) is 0 Å². The van der Waals surface area contributed by atoms with Gasteiger partial charge in [0.05, 0.1) is 0 Å². The zero-order valence-electron chi connectivity index (χ0n) is 14.4. The van der Waals surface area contributed by atoms with Gasteiger partial charge in [0.1, 0.15) is 6.42 Å². The Morgan fingerprint density at radius 3 is 2.17 bits per heavy atom. The van der Waals surface area contributed by atoms with Gasteiger partial charge in [-0.25, -0.2) is 0 Å². The molecule has 0 saturated heterocycles. The second-order valence-corrected chi connectivity index (χ2v) is 6.06. The van der Waals surface area contributed by atoms with Gasteiger partial charge in [-0.15, -0.1) is 0 Å². The molecular formula is C20H24N2O2. The standard InChI is InChI=1S/C20H24N2O2/c1-4-15-7-5-6-8-18(15)22-20(24)13-19(23)21-17-11-9-16(10-12-17)14(2)3/h5-12,14H,4,13H2,1-3H3,(H,21,23)(H,22,24). The number of anilines is 2. The van der Waals surface area contributed by atoms with Crippen molar-refractivity contribution in [1.29, 1.82) is 0 Å². The third-order valence-electron chi connectivity index (χ3n) is 3.85. The predicted octanol–water partition coefficient (Wildman–Crippen LogP) is 4.34. The zero-order chi connectivity index (χ0) is 17.5. The molecule has 0 bridgehead atoms. The monoisotopic (exact) mass is 324 g/mol. The maximum atomic E-state index is 12.1. The molecule has 4 nitrogen and oxygen atoms in total. The molecule has 2 rings (SSSR count). The number of hydrogen-bond donors (Lipinski definition) is 2. The summed E-state index contributed by atoms with van der Waals surface area (Å²) >= 11 is 0.